The molecule has 18 heavy (non-hydrogen) atoms. The van der Waals surface area contributed by atoms with Crippen LogP contribution < -0.4 is 0 Å². The van der Waals surface area contributed by atoms with Gasteiger partial charge in [-0.2, -0.15) is 0 Å². The van der Waals surface area contributed by atoms with E-state index in [1.165, 1.54) is 0 Å². The fraction of sp³-hybridized carbons (Fsp3) is 0.0667. The highest BCUT2D eigenvalue weighted by atomic mass is 35.5. The van der Waals surface area contributed by atoms with Crippen molar-refractivity contribution in [1.82, 2.24) is 0 Å². The number of halogens is 1. The number of carbonyl (C=O) groups excluding carboxylic acids is 2. The van der Waals surface area contributed by atoms with E-state index in [0.29, 0.717) is 10.6 Å². The number of hydrogen-bond donors (Lipinski definition) is 0. The first-order valence-corrected chi connectivity index (χ1v) is 5.91. The number of hydrogen-bond acceptors (Lipinski definition) is 2. The van der Waals surface area contributed by atoms with Crippen molar-refractivity contribution in [2.75, 3.05) is 0 Å². The maximum atomic E-state index is 11.9. The summed E-state index contributed by atoms with van der Waals surface area (Å²) in [6.45, 7) is 0. The van der Waals surface area contributed by atoms with Gasteiger partial charge in [0.25, 0.3) is 0 Å². The molecule has 0 aliphatic heterocycles. The van der Waals surface area contributed by atoms with E-state index in [0.717, 1.165) is 5.56 Å². The first-order chi connectivity index (χ1) is 8.66. The molecule has 0 heterocycles. The van der Waals surface area contributed by atoms with E-state index in [2.05, 4.69) is 0 Å². The molecule has 2 aromatic carbocycles. The fourth-order valence-electron chi connectivity index (χ4n) is 1.62. The van der Waals surface area contributed by atoms with Crippen LogP contribution in [0.4, 0.5) is 0 Å². The van der Waals surface area contributed by atoms with E-state index in [1.807, 2.05) is 30.3 Å². The lowest BCUT2D eigenvalue weighted by atomic mass is 10.0. The highest BCUT2D eigenvalue weighted by molar-refractivity contribution is 6.44. The Labute approximate surface area is 110 Å². The van der Waals surface area contributed by atoms with Gasteiger partial charge in [-0.25, -0.2) is 0 Å². The first-order valence-electron chi connectivity index (χ1n) is 5.54. The lowest BCUT2D eigenvalue weighted by molar-refractivity contribution is -0.114. The zero-order valence-corrected chi connectivity index (χ0v) is 10.4. The quantitative estimate of drug-likeness (QED) is 0.623. The van der Waals surface area contributed by atoms with E-state index in [4.69, 9.17) is 11.6 Å². The molecular weight excluding hydrogens is 248 g/mol. The predicted octanol–water partition coefficient (Wildman–Crippen LogP) is 3.33. The van der Waals surface area contributed by atoms with E-state index in [9.17, 15) is 9.59 Å². The zero-order valence-electron chi connectivity index (χ0n) is 9.60. The maximum absolute atomic E-state index is 11.9. The summed E-state index contributed by atoms with van der Waals surface area (Å²) in [5.74, 6) is -0.890. The molecule has 0 aromatic heterocycles. The highest BCUT2D eigenvalue weighted by Gasteiger charge is 2.16. The lowest BCUT2D eigenvalue weighted by Gasteiger charge is -2.01. The second-order valence-electron chi connectivity index (χ2n) is 3.92. The molecule has 3 heteroatoms. The third kappa shape index (κ3) is 3.05. The monoisotopic (exact) mass is 258 g/mol. The Hall–Kier alpha value is -1.93. The molecule has 0 atom stereocenters. The van der Waals surface area contributed by atoms with Crippen molar-refractivity contribution < 1.29 is 9.59 Å². The molecule has 0 bridgehead atoms. The summed E-state index contributed by atoms with van der Waals surface area (Å²) >= 11 is 5.73. The summed E-state index contributed by atoms with van der Waals surface area (Å²) in [7, 11) is 0. The molecule has 0 amide bonds. The summed E-state index contributed by atoms with van der Waals surface area (Å²) < 4.78 is 0. The minimum Gasteiger partial charge on any atom is -0.290 e. The minimum absolute atomic E-state index is 0.127. The van der Waals surface area contributed by atoms with Crippen molar-refractivity contribution in [3.05, 3.63) is 70.7 Å². The number of ketones is 2. The van der Waals surface area contributed by atoms with Gasteiger partial charge >= 0.3 is 0 Å². The van der Waals surface area contributed by atoms with Crippen LogP contribution in [0, 0.1) is 0 Å². The average molecular weight is 259 g/mol. The van der Waals surface area contributed by atoms with Gasteiger partial charge in [-0.3, -0.25) is 9.59 Å². The fourth-order valence-corrected chi connectivity index (χ4v) is 1.75. The summed E-state index contributed by atoms with van der Waals surface area (Å²) in [5, 5.41) is 0.544. The molecule has 0 saturated carbocycles. The molecule has 0 radical (unpaired) electrons. The smallest absolute Gasteiger partial charge is 0.228 e. The third-order valence-corrected chi connectivity index (χ3v) is 2.82. The number of benzene rings is 2. The van der Waals surface area contributed by atoms with E-state index < -0.39 is 11.6 Å². The minimum atomic E-state index is -0.476. The van der Waals surface area contributed by atoms with Gasteiger partial charge in [-0.15, -0.1) is 0 Å². The Morgan fingerprint density at radius 1 is 0.889 bits per heavy atom. The van der Waals surface area contributed by atoms with Gasteiger partial charge in [-0.1, -0.05) is 41.9 Å². The van der Waals surface area contributed by atoms with Gasteiger partial charge in [0.2, 0.25) is 11.6 Å². The number of carbonyl (C=O) groups is 2. The maximum Gasteiger partial charge on any atom is 0.228 e. The van der Waals surface area contributed by atoms with Crippen molar-refractivity contribution in [1.29, 1.82) is 0 Å². The highest BCUT2D eigenvalue weighted by Crippen LogP contribution is 2.11. The Balaban J connectivity index is 2.10. The molecule has 2 nitrogen and oxygen atoms in total. The van der Waals surface area contributed by atoms with Crippen LogP contribution in [0.15, 0.2) is 54.6 Å². The molecule has 0 spiro atoms. The Kier molecular flexibility index (Phi) is 3.90. The van der Waals surface area contributed by atoms with Gasteiger partial charge in [0.05, 0.1) is 0 Å². The molecule has 0 unspecified atom stereocenters. The summed E-state index contributed by atoms with van der Waals surface area (Å²) in [5.41, 5.74) is 1.21. The van der Waals surface area contributed by atoms with Crippen LogP contribution in [0.5, 0.6) is 0 Å². The SMILES string of the molecule is O=C(Cc1ccccc1)C(=O)c1ccc(Cl)cc1. The van der Waals surface area contributed by atoms with Gasteiger partial charge in [0.1, 0.15) is 0 Å². The van der Waals surface area contributed by atoms with Crippen molar-refractivity contribution >= 4 is 23.2 Å². The first kappa shape index (κ1) is 12.5. The van der Waals surface area contributed by atoms with Gasteiger partial charge in [-0.05, 0) is 29.8 Å². The molecule has 0 saturated heterocycles. The van der Waals surface area contributed by atoms with Crippen LogP contribution in [0.1, 0.15) is 15.9 Å². The lowest BCUT2D eigenvalue weighted by Crippen LogP contribution is -2.16. The molecular formula is C15H11ClO2. The van der Waals surface area contributed by atoms with Crippen molar-refractivity contribution in [2.24, 2.45) is 0 Å². The van der Waals surface area contributed by atoms with Crippen LogP contribution >= 0.6 is 11.6 Å². The van der Waals surface area contributed by atoms with Crippen molar-refractivity contribution in [2.45, 2.75) is 6.42 Å². The second-order valence-corrected chi connectivity index (χ2v) is 4.36. The van der Waals surface area contributed by atoms with Crippen molar-refractivity contribution in [3.63, 3.8) is 0 Å². The predicted molar refractivity (Wildman–Crippen MR) is 70.9 cm³/mol. The van der Waals surface area contributed by atoms with E-state index >= 15 is 0 Å². The Morgan fingerprint density at radius 2 is 1.50 bits per heavy atom. The number of rotatable bonds is 4. The summed E-state index contributed by atoms with van der Waals surface area (Å²) in [6, 6.07) is 15.5. The molecule has 0 fully saturated rings. The Morgan fingerprint density at radius 3 is 2.11 bits per heavy atom. The standard InChI is InChI=1S/C15H11ClO2/c16-13-8-6-12(7-9-13)15(18)14(17)10-11-4-2-1-3-5-11/h1-9H,10H2. The average Bonchev–Trinajstić information content (AvgIpc) is 2.40. The Bertz CT molecular complexity index is 559. The summed E-state index contributed by atoms with van der Waals surface area (Å²) in [4.78, 5) is 23.7. The van der Waals surface area contributed by atoms with Gasteiger partial charge in [0.15, 0.2) is 0 Å². The zero-order chi connectivity index (χ0) is 13.0. The van der Waals surface area contributed by atoms with Crippen molar-refractivity contribution in [3.8, 4) is 0 Å². The summed E-state index contributed by atoms with van der Waals surface area (Å²) in [6.07, 6.45) is 0.127. The van der Waals surface area contributed by atoms with Crippen LogP contribution in [-0.2, 0) is 11.2 Å². The molecule has 0 aliphatic rings. The van der Waals surface area contributed by atoms with Crippen LogP contribution in [0.2, 0.25) is 5.02 Å². The third-order valence-electron chi connectivity index (χ3n) is 2.57. The number of Topliss-reactive ketones (excluding diaryl/α,β-unsaturated/α-hetero) is 2. The normalized spacial score (nSPS) is 10.1. The second kappa shape index (κ2) is 5.61. The van der Waals surface area contributed by atoms with Crippen LogP contribution in [0.3, 0.4) is 0 Å². The van der Waals surface area contributed by atoms with E-state index in [-0.39, 0.29) is 6.42 Å². The van der Waals surface area contributed by atoms with Crippen LogP contribution in [0.25, 0.3) is 0 Å². The molecule has 90 valence electrons. The largest absolute Gasteiger partial charge is 0.290 e. The topological polar surface area (TPSA) is 34.1 Å². The molecule has 2 aromatic rings. The van der Waals surface area contributed by atoms with E-state index in [1.54, 1.807) is 24.3 Å². The molecule has 2 rings (SSSR count). The molecule has 0 N–H and O–H groups in total. The van der Waals surface area contributed by atoms with Crippen LogP contribution in [-0.4, -0.2) is 11.6 Å². The van der Waals surface area contributed by atoms with Gasteiger partial charge < -0.3 is 0 Å². The molecule has 0 aliphatic carbocycles. The van der Waals surface area contributed by atoms with Gasteiger partial charge in [0, 0.05) is 17.0 Å².